The summed E-state index contributed by atoms with van der Waals surface area (Å²) in [5.41, 5.74) is 2.06. The van der Waals surface area contributed by atoms with Gasteiger partial charge in [0.15, 0.2) is 0 Å². The zero-order chi connectivity index (χ0) is 14.6. The fourth-order valence-electron chi connectivity index (χ4n) is 2.14. The molecule has 1 amide bonds. The molecule has 1 atom stereocenters. The number of carbonyl (C=O) groups excluding carboxylic acids is 1. The summed E-state index contributed by atoms with van der Waals surface area (Å²) in [6.45, 7) is 6.89. The lowest BCUT2D eigenvalue weighted by atomic mass is 9.94. The lowest BCUT2D eigenvalue weighted by Crippen LogP contribution is -2.40. The van der Waals surface area contributed by atoms with Gasteiger partial charge in [-0.05, 0) is 37.6 Å². The smallest absolute Gasteiger partial charge is 0.231 e. The highest BCUT2D eigenvalue weighted by Crippen LogP contribution is 2.26. The van der Waals surface area contributed by atoms with E-state index in [4.69, 9.17) is 0 Å². The second-order valence-electron chi connectivity index (χ2n) is 5.24. The molecule has 3 nitrogen and oxygen atoms in total. The van der Waals surface area contributed by atoms with Crippen LogP contribution in [0.5, 0.6) is 0 Å². The number of hydrogen-bond acceptors (Lipinski definition) is 2. The maximum atomic E-state index is 12.6. The predicted molar refractivity (Wildman–Crippen MR) is 84.5 cm³/mol. The molecule has 0 aliphatic rings. The molecule has 1 N–H and O–H groups in total. The van der Waals surface area contributed by atoms with Crippen LogP contribution in [-0.4, -0.2) is 26.5 Å². The van der Waals surface area contributed by atoms with E-state index < -0.39 is 0 Å². The molecule has 1 rings (SSSR count). The molecule has 106 valence electrons. The first-order valence-electron chi connectivity index (χ1n) is 6.56. The molecule has 0 heterocycles. The molecule has 0 aromatic heterocycles. The monoisotopic (exact) mass is 326 g/mol. The summed E-state index contributed by atoms with van der Waals surface area (Å²) in [4.78, 5) is 14.4. The van der Waals surface area contributed by atoms with Crippen molar-refractivity contribution in [1.82, 2.24) is 5.32 Å². The second-order valence-corrected chi connectivity index (χ2v) is 6.15. The third-order valence-electron chi connectivity index (χ3n) is 3.41. The molecule has 0 bridgehead atoms. The Morgan fingerprint density at radius 3 is 2.58 bits per heavy atom. The number of nitrogens with one attached hydrogen (secondary N) is 1. The SMILES string of the molecule is CNCC(C(=O)N(C)c1cc(Br)ccc1C)C(C)C. The van der Waals surface area contributed by atoms with Gasteiger partial charge in [-0.15, -0.1) is 0 Å². The van der Waals surface area contributed by atoms with E-state index in [0.29, 0.717) is 12.5 Å². The number of halogens is 1. The Hall–Kier alpha value is -0.870. The number of anilines is 1. The van der Waals surface area contributed by atoms with Crippen molar-refractivity contribution in [3.63, 3.8) is 0 Å². The first-order chi connectivity index (χ1) is 8.88. The molecule has 1 aromatic carbocycles. The Morgan fingerprint density at radius 2 is 2.05 bits per heavy atom. The summed E-state index contributed by atoms with van der Waals surface area (Å²) < 4.78 is 0.988. The van der Waals surface area contributed by atoms with Crippen molar-refractivity contribution in [3.05, 3.63) is 28.2 Å². The van der Waals surface area contributed by atoms with Gasteiger partial charge < -0.3 is 10.2 Å². The second kappa shape index (κ2) is 7.06. The number of amides is 1. The summed E-state index contributed by atoms with van der Waals surface area (Å²) >= 11 is 3.46. The van der Waals surface area contributed by atoms with E-state index in [0.717, 1.165) is 15.7 Å². The van der Waals surface area contributed by atoms with E-state index in [1.807, 2.05) is 39.2 Å². The van der Waals surface area contributed by atoms with E-state index >= 15 is 0 Å². The van der Waals surface area contributed by atoms with Crippen LogP contribution in [0.1, 0.15) is 19.4 Å². The molecule has 0 spiro atoms. The number of hydrogen-bond donors (Lipinski definition) is 1. The molecule has 4 heteroatoms. The molecule has 0 fully saturated rings. The van der Waals surface area contributed by atoms with E-state index in [2.05, 4.69) is 35.1 Å². The van der Waals surface area contributed by atoms with Gasteiger partial charge in [0.1, 0.15) is 0 Å². The van der Waals surface area contributed by atoms with Crippen molar-refractivity contribution in [1.29, 1.82) is 0 Å². The largest absolute Gasteiger partial charge is 0.319 e. The first kappa shape index (κ1) is 16.2. The zero-order valence-electron chi connectivity index (χ0n) is 12.3. The van der Waals surface area contributed by atoms with Crippen LogP contribution in [0.25, 0.3) is 0 Å². The van der Waals surface area contributed by atoms with E-state index in [1.54, 1.807) is 4.90 Å². The standard InChI is InChI=1S/C15H23BrN2O/c1-10(2)13(9-17-4)15(19)18(5)14-8-12(16)7-6-11(14)3/h6-8,10,13,17H,9H2,1-5H3. The minimum absolute atomic E-state index is 0.00613. The number of benzene rings is 1. The molecule has 19 heavy (non-hydrogen) atoms. The average Bonchev–Trinajstić information content (AvgIpc) is 2.36. The number of nitrogens with zero attached hydrogens (tertiary/aromatic N) is 1. The maximum absolute atomic E-state index is 12.6. The van der Waals surface area contributed by atoms with E-state index in [1.165, 1.54) is 0 Å². The highest BCUT2D eigenvalue weighted by molar-refractivity contribution is 9.10. The van der Waals surface area contributed by atoms with Crippen LogP contribution < -0.4 is 10.2 Å². The fraction of sp³-hybridized carbons (Fsp3) is 0.533. The Bertz CT molecular complexity index is 446. The molecule has 1 aromatic rings. The van der Waals surface area contributed by atoms with Crippen molar-refractivity contribution in [2.45, 2.75) is 20.8 Å². The quantitative estimate of drug-likeness (QED) is 0.901. The van der Waals surface area contributed by atoms with Gasteiger partial charge in [0, 0.05) is 23.8 Å². The van der Waals surface area contributed by atoms with Crippen LogP contribution in [0.2, 0.25) is 0 Å². The highest BCUT2D eigenvalue weighted by atomic mass is 79.9. The van der Waals surface area contributed by atoms with Crippen molar-refractivity contribution in [2.75, 3.05) is 25.5 Å². The normalized spacial score (nSPS) is 12.6. The maximum Gasteiger partial charge on any atom is 0.231 e. The Kier molecular flexibility index (Phi) is 6.01. The Morgan fingerprint density at radius 1 is 1.42 bits per heavy atom. The molecule has 1 unspecified atom stereocenters. The van der Waals surface area contributed by atoms with Crippen LogP contribution in [-0.2, 0) is 4.79 Å². The van der Waals surface area contributed by atoms with Crippen LogP contribution in [0.4, 0.5) is 5.69 Å². The highest BCUT2D eigenvalue weighted by Gasteiger charge is 2.25. The van der Waals surface area contributed by atoms with Gasteiger partial charge in [-0.25, -0.2) is 0 Å². The lowest BCUT2D eigenvalue weighted by molar-refractivity contribution is -0.123. The average molecular weight is 327 g/mol. The topological polar surface area (TPSA) is 32.3 Å². The molecular weight excluding hydrogens is 304 g/mol. The third kappa shape index (κ3) is 4.05. The van der Waals surface area contributed by atoms with Gasteiger partial charge in [0.05, 0.1) is 5.92 Å². The van der Waals surface area contributed by atoms with Gasteiger partial charge >= 0.3 is 0 Å². The Balaban J connectivity index is 3.00. The minimum atomic E-state index is -0.00613. The lowest BCUT2D eigenvalue weighted by Gasteiger charge is -2.27. The van der Waals surface area contributed by atoms with Gasteiger partial charge in [-0.2, -0.15) is 0 Å². The molecular formula is C15H23BrN2O. The van der Waals surface area contributed by atoms with Gasteiger partial charge in [0.2, 0.25) is 5.91 Å². The van der Waals surface area contributed by atoms with Gasteiger partial charge in [-0.3, -0.25) is 4.79 Å². The minimum Gasteiger partial charge on any atom is -0.319 e. The first-order valence-corrected chi connectivity index (χ1v) is 7.36. The van der Waals surface area contributed by atoms with Gasteiger partial charge in [-0.1, -0.05) is 35.8 Å². The summed E-state index contributed by atoms with van der Waals surface area (Å²) in [7, 11) is 3.73. The van der Waals surface area contributed by atoms with Crippen LogP contribution in [0, 0.1) is 18.8 Å². The Labute approximate surface area is 124 Å². The number of carbonyl (C=O) groups is 1. The number of rotatable bonds is 5. The van der Waals surface area contributed by atoms with E-state index in [9.17, 15) is 4.79 Å². The molecule has 0 aliphatic carbocycles. The zero-order valence-corrected chi connectivity index (χ0v) is 13.9. The molecule has 0 saturated carbocycles. The summed E-state index contributed by atoms with van der Waals surface area (Å²) in [5.74, 6) is 0.466. The fourth-order valence-corrected chi connectivity index (χ4v) is 2.49. The summed E-state index contributed by atoms with van der Waals surface area (Å²) in [6.07, 6.45) is 0. The molecule has 0 radical (unpaired) electrons. The summed E-state index contributed by atoms with van der Waals surface area (Å²) in [5, 5.41) is 3.11. The number of aryl methyl sites for hydroxylation is 1. The van der Waals surface area contributed by atoms with Crippen LogP contribution >= 0.6 is 15.9 Å². The van der Waals surface area contributed by atoms with Crippen molar-refractivity contribution < 1.29 is 4.79 Å². The van der Waals surface area contributed by atoms with Crippen molar-refractivity contribution >= 4 is 27.5 Å². The van der Waals surface area contributed by atoms with Crippen LogP contribution in [0.15, 0.2) is 22.7 Å². The van der Waals surface area contributed by atoms with Crippen LogP contribution in [0.3, 0.4) is 0 Å². The van der Waals surface area contributed by atoms with E-state index in [-0.39, 0.29) is 11.8 Å². The molecule has 0 aliphatic heterocycles. The summed E-state index contributed by atoms with van der Waals surface area (Å²) in [6, 6.07) is 6.00. The molecule has 0 saturated heterocycles. The third-order valence-corrected chi connectivity index (χ3v) is 3.90. The van der Waals surface area contributed by atoms with Crippen molar-refractivity contribution in [3.8, 4) is 0 Å². The predicted octanol–water partition coefficient (Wildman–Crippen LogP) is 3.21. The van der Waals surface area contributed by atoms with Crippen molar-refractivity contribution in [2.24, 2.45) is 11.8 Å². The van der Waals surface area contributed by atoms with Gasteiger partial charge in [0.25, 0.3) is 0 Å².